The molecule has 4 rings (SSSR count). The number of carbonyl (C=O) groups excluding carboxylic acids is 1. The lowest BCUT2D eigenvalue weighted by Gasteiger charge is -2.04. The number of para-hydroxylation sites is 1. The Morgan fingerprint density at radius 1 is 1.19 bits per heavy atom. The van der Waals surface area contributed by atoms with Crippen LogP contribution in [0.15, 0.2) is 60.9 Å². The molecule has 0 saturated carbocycles. The van der Waals surface area contributed by atoms with Crippen LogP contribution in [0.3, 0.4) is 0 Å². The molecule has 2 aromatic heterocycles. The number of hydrogen-bond donors (Lipinski definition) is 1. The zero-order chi connectivity index (χ0) is 18.6. The number of amides is 1. The van der Waals surface area contributed by atoms with Gasteiger partial charge in [0.25, 0.3) is 0 Å². The number of nitrogens with zero attached hydrogens (tertiary/aromatic N) is 3. The van der Waals surface area contributed by atoms with Gasteiger partial charge in [0.1, 0.15) is 11.5 Å². The Kier molecular flexibility index (Phi) is 4.84. The standard InChI is InChI=1S/C20H18N4O2S/c1-24-13-14(12-21-24)7-10-19(25)23-20-22-17-9-8-16(11-18(17)27-20)26-15-5-3-2-4-6-15/h2-6,8-9,11-13H,7,10H2,1H3,(H,22,23,25). The Balaban J connectivity index is 1.41. The number of nitrogens with one attached hydrogen (secondary N) is 1. The van der Waals surface area contributed by atoms with Crippen molar-refractivity contribution in [3.8, 4) is 11.5 Å². The first-order valence-electron chi connectivity index (χ1n) is 8.56. The molecule has 0 bridgehead atoms. The molecule has 6 nitrogen and oxygen atoms in total. The Morgan fingerprint density at radius 2 is 2.04 bits per heavy atom. The van der Waals surface area contributed by atoms with E-state index < -0.39 is 0 Å². The number of hydrogen-bond acceptors (Lipinski definition) is 5. The maximum atomic E-state index is 12.2. The maximum Gasteiger partial charge on any atom is 0.226 e. The zero-order valence-corrected chi connectivity index (χ0v) is 15.6. The van der Waals surface area contributed by atoms with Gasteiger partial charge < -0.3 is 10.1 Å². The number of thiazole rings is 1. The summed E-state index contributed by atoms with van der Waals surface area (Å²) in [5, 5.41) is 7.58. The quantitative estimate of drug-likeness (QED) is 0.540. The van der Waals surface area contributed by atoms with Gasteiger partial charge in [0.05, 0.1) is 16.4 Å². The topological polar surface area (TPSA) is 69.0 Å². The van der Waals surface area contributed by atoms with Gasteiger partial charge in [-0.25, -0.2) is 4.98 Å². The average Bonchev–Trinajstić information content (AvgIpc) is 3.26. The summed E-state index contributed by atoms with van der Waals surface area (Å²) in [6.07, 6.45) is 4.74. The van der Waals surface area contributed by atoms with E-state index in [1.165, 1.54) is 11.3 Å². The van der Waals surface area contributed by atoms with Gasteiger partial charge in [-0.05, 0) is 36.2 Å². The second-order valence-electron chi connectivity index (χ2n) is 6.13. The molecule has 0 aliphatic heterocycles. The van der Waals surface area contributed by atoms with Gasteiger partial charge in [-0.15, -0.1) is 0 Å². The summed E-state index contributed by atoms with van der Waals surface area (Å²) in [6.45, 7) is 0. The number of anilines is 1. The molecule has 0 radical (unpaired) electrons. The van der Waals surface area contributed by atoms with Crippen LogP contribution in [0.25, 0.3) is 10.2 Å². The summed E-state index contributed by atoms with van der Waals surface area (Å²) in [5.41, 5.74) is 1.88. The highest BCUT2D eigenvalue weighted by molar-refractivity contribution is 7.22. The highest BCUT2D eigenvalue weighted by atomic mass is 32.1. The third kappa shape index (κ3) is 4.32. The first kappa shape index (κ1) is 17.2. The number of benzene rings is 2. The molecule has 0 aliphatic carbocycles. The van der Waals surface area contributed by atoms with Crippen LogP contribution >= 0.6 is 11.3 Å². The first-order chi connectivity index (χ1) is 13.2. The Morgan fingerprint density at radius 3 is 2.81 bits per heavy atom. The van der Waals surface area contributed by atoms with Crippen molar-refractivity contribution in [1.82, 2.24) is 14.8 Å². The van der Waals surface area contributed by atoms with Crippen LogP contribution in [-0.4, -0.2) is 20.7 Å². The first-order valence-corrected chi connectivity index (χ1v) is 9.38. The molecule has 0 unspecified atom stereocenters. The summed E-state index contributed by atoms with van der Waals surface area (Å²) >= 11 is 1.44. The van der Waals surface area contributed by atoms with Crippen LogP contribution in [0, 0.1) is 0 Å². The maximum absolute atomic E-state index is 12.2. The SMILES string of the molecule is Cn1cc(CCC(=O)Nc2nc3ccc(Oc4ccccc4)cc3s2)cn1. The molecular formula is C20H18N4O2S. The lowest BCUT2D eigenvalue weighted by Crippen LogP contribution is -2.11. The molecule has 4 aromatic rings. The van der Waals surface area contributed by atoms with Gasteiger partial charge in [0.15, 0.2) is 5.13 Å². The van der Waals surface area contributed by atoms with Gasteiger partial charge in [-0.3, -0.25) is 9.48 Å². The molecule has 7 heteroatoms. The Labute approximate surface area is 160 Å². The van der Waals surface area contributed by atoms with Crippen LogP contribution in [0.2, 0.25) is 0 Å². The fourth-order valence-corrected chi connectivity index (χ4v) is 3.60. The van der Waals surface area contributed by atoms with Crippen LogP contribution in [-0.2, 0) is 18.3 Å². The summed E-state index contributed by atoms with van der Waals surface area (Å²) in [6, 6.07) is 15.3. The smallest absolute Gasteiger partial charge is 0.226 e. The van der Waals surface area contributed by atoms with Gasteiger partial charge in [-0.2, -0.15) is 5.10 Å². The van der Waals surface area contributed by atoms with Gasteiger partial charge in [0, 0.05) is 25.7 Å². The van der Waals surface area contributed by atoms with E-state index in [9.17, 15) is 4.79 Å². The van der Waals surface area contributed by atoms with Crippen molar-refractivity contribution < 1.29 is 9.53 Å². The fourth-order valence-electron chi connectivity index (χ4n) is 2.69. The highest BCUT2D eigenvalue weighted by Gasteiger charge is 2.10. The minimum absolute atomic E-state index is 0.0568. The van der Waals surface area contributed by atoms with E-state index in [1.807, 2.05) is 61.8 Å². The second-order valence-corrected chi connectivity index (χ2v) is 7.16. The van der Waals surface area contributed by atoms with Crippen molar-refractivity contribution in [2.45, 2.75) is 12.8 Å². The lowest BCUT2D eigenvalue weighted by molar-refractivity contribution is -0.116. The molecule has 27 heavy (non-hydrogen) atoms. The molecule has 0 saturated heterocycles. The molecule has 0 spiro atoms. The van der Waals surface area contributed by atoms with Crippen molar-refractivity contribution in [2.24, 2.45) is 7.05 Å². The van der Waals surface area contributed by atoms with Crippen LogP contribution in [0.4, 0.5) is 5.13 Å². The van der Waals surface area contributed by atoms with Crippen LogP contribution in [0.1, 0.15) is 12.0 Å². The molecule has 0 aliphatic rings. The van der Waals surface area contributed by atoms with E-state index in [0.29, 0.717) is 18.0 Å². The molecular weight excluding hydrogens is 360 g/mol. The third-order valence-corrected chi connectivity index (χ3v) is 4.92. The average molecular weight is 378 g/mol. The number of rotatable bonds is 6. The molecule has 0 fully saturated rings. The molecule has 0 atom stereocenters. The highest BCUT2D eigenvalue weighted by Crippen LogP contribution is 2.31. The predicted molar refractivity (Wildman–Crippen MR) is 106 cm³/mol. The van der Waals surface area contributed by atoms with E-state index in [0.717, 1.165) is 27.3 Å². The summed E-state index contributed by atoms with van der Waals surface area (Å²) in [5.74, 6) is 1.47. The minimum Gasteiger partial charge on any atom is -0.457 e. The number of aryl methyl sites for hydroxylation is 2. The number of aromatic nitrogens is 3. The minimum atomic E-state index is -0.0568. The summed E-state index contributed by atoms with van der Waals surface area (Å²) in [7, 11) is 1.86. The molecule has 136 valence electrons. The van der Waals surface area contributed by atoms with E-state index >= 15 is 0 Å². The molecule has 1 N–H and O–H groups in total. The number of fused-ring (bicyclic) bond motifs is 1. The summed E-state index contributed by atoms with van der Waals surface area (Å²) in [4.78, 5) is 16.7. The normalized spacial score (nSPS) is 10.9. The van der Waals surface area contributed by atoms with Gasteiger partial charge >= 0.3 is 0 Å². The van der Waals surface area contributed by atoms with Crippen LogP contribution < -0.4 is 10.1 Å². The van der Waals surface area contributed by atoms with Crippen molar-refractivity contribution in [1.29, 1.82) is 0 Å². The Hall–Kier alpha value is -3.19. The molecule has 2 heterocycles. The van der Waals surface area contributed by atoms with Crippen LogP contribution in [0.5, 0.6) is 11.5 Å². The predicted octanol–water partition coefficient (Wildman–Crippen LogP) is 4.39. The van der Waals surface area contributed by atoms with Crippen molar-refractivity contribution >= 4 is 32.6 Å². The van der Waals surface area contributed by atoms with Crippen molar-refractivity contribution in [3.05, 3.63) is 66.5 Å². The molecule has 2 aromatic carbocycles. The van der Waals surface area contributed by atoms with Crippen molar-refractivity contribution in [2.75, 3.05) is 5.32 Å². The van der Waals surface area contributed by atoms with Gasteiger partial charge in [0.2, 0.25) is 5.91 Å². The second kappa shape index (κ2) is 7.59. The lowest BCUT2D eigenvalue weighted by atomic mass is 10.2. The largest absolute Gasteiger partial charge is 0.457 e. The zero-order valence-electron chi connectivity index (χ0n) is 14.8. The van der Waals surface area contributed by atoms with E-state index in [1.54, 1.807) is 10.9 Å². The third-order valence-electron chi connectivity index (χ3n) is 3.98. The van der Waals surface area contributed by atoms with E-state index in [4.69, 9.17) is 4.74 Å². The van der Waals surface area contributed by atoms with Crippen molar-refractivity contribution in [3.63, 3.8) is 0 Å². The number of ether oxygens (including phenoxy) is 1. The number of carbonyl (C=O) groups is 1. The van der Waals surface area contributed by atoms with E-state index in [-0.39, 0.29) is 5.91 Å². The fraction of sp³-hybridized carbons (Fsp3) is 0.150. The Bertz CT molecular complexity index is 1070. The summed E-state index contributed by atoms with van der Waals surface area (Å²) < 4.78 is 8.55. The van der Waals surface area contributed by atoms with Gasteiger partial charge in [-0.1, -0.05) is 29.5 Å². The molecule has 1 amide bonds. The van der Waals surface area contributed by atoms with E-state index in [2.05, 4.69) is 15.4 Å². The monoisotopic (exact) mass is 378 g/mol.